The van der Waals surface area contributed by atoms with E-state index < -0.39 is 0 Å². The number of anilines is 1. The van der Waals surface area contributed by atoms with E-state index in [2.05, 4.69) is 41.2 Å². The summed E-state index contributed by atoms with van der Waals surface area (Å²) < 4.78 is 0.853. The summed E-state index contributed by atoms with van der Waals surface area (Å²) in [5.74, 6) is -0.0596. The predicted molar refractivity (Wildman–Crippen MR) is 94.4 cm³/mol. The molecule has 0 bridgehead atoms. The number of carbonyl (C=O) groups is 1. The number of nitrogens with zero attached hydrogens (tertiary/aromatic N) is 3. The van der Waals surface area contributed by atoms with Gasteiger partial charge in [0.15, 0.2) is 5.65 Å². The third kappa shape index (κ3) is 3.53. The standard InChI is InChI=1S/C15H14BrN5OS/c1-2-11(14(22)21-10-6-4-3-5-9(10)16)23-15-12-13(18-7-17-12)19-8-20-15/h3-8,11H,2H2,1H3,(H,21,22)(H,17,18,19,20)/t11-/m0/s1. The number of hydrogen-bond donors (Lipinski definition) is 2. The second-order valence-electron chi connectivity index (χ2n) is 4.76. The van der Waals surface area contributed by atoms with Crippen LogP contribution in [0.2, 0.25) is 0 Å². The van der Waals surface area contributed by atoms with Gasteiger partial charge in [-0.25, -0.2) is 15.0 Å². The van der Waals surface area contributed by atoms with E-state index in [4.69, 9.17) is 0 Å². The number of aromatic amines is 1. The SMILES string of the molecule is CC[C@H](Sc1ncnc2nc[nH]c12)C(=O)Nc1ccccc1Br. The molecule has 0 radical (unpaired) electrons. The average molecular weight is 392 g/mol. The Morgan fingerprint density at radius 3 is 2.96 bits per heavy atom. The highest BCUT2D eigenvalue weighted by Gasteiger charge is 2.21. The lowest BCUT2D eigenvalue weighted by Crippen LogP contribution is -2.24. The summed E-state index contributed by atoms with van der Waals surface area (Å²) in [6.07, 6.45) is 3.72. The molecule has 23 heavy (non-hydrogen) atoms. The highest BCUT2D eigenvalue weighted by Crippen LogP contribution is 2.29. The summed E-state index contributed by atoms with van der Waals surface area (Å²) in [6.45, 7) is 1.97. The van der Waals surface area contributed by atoms with Crippen molar-refractivity contribution in [3.63, 3.8) is 0 Å². The summed E-state index contributed by atoms with van der Waals surface area (Å²) in [6, 6.07) is 7.54. The number of hydrogen-bond acceptors (Lipinski definition) is 5. The third-order valence-corrected chi connectivity index (χ3v) is 5.29. The summed E-state index contributed by atoms with van der Waals surface area (Å²) in [4.78, 5) is 28.0. The van der Waals surface area contributed by atoms with Gasteiger partial charge in [0.05, 0.1) is 17.3 Å². The van der Waals surface area contributed by atoms with Gasteiger partial charge in [0, 0.05) is 4.47 Å². The molecule has 8 heteroatoms. The van der Waals surface area contributed by atoms with Crippen molar-refractivity contribution in [2.45, 2.75) is 23.6 Å². The van der Waals surface area contributed by atoms with Crippen molar-refractivity contribution in [3.8, 4) is 0 Å². The Hall–Kier alpha value is -1.93. The zero-order valence-corrected chi connectivity index (χ0v) is 14.7. The van der Waals surface area contributed by atoms with Gasteiger partial charge in [-0.2, -0.15) is 0 Å². The number of thioether (sulfide) groups is 1. The fourth-order valence-electron chi connectivity index (χ4n) is 2.07. The summed E-state index contributed by atoms with van der Waals surface area (Å²) in [5.41, 5.74) is 2.11. The number of carbonyl (C=O) groups excluding carboxylic acids is 1. The Bertz CT molecular complexity index is 837. The van der Waals surface area contributed by atoms with Gasteiger partial charge < -0.3 is 10.3 Å². The van der Waals surface area contributed by atoms with Crippen LogP contribution < -0.4 is 5.32 Å². The maximum Gasteiger partial charge on any atom is 0.237 e. The fourth-order valence-corrected chi connectivity index (χ4v) is 3.43. The van der Waals surface area contributed by atoms with Crippen LogP contribution in [0, 0.1) is 0 Å². The van der Waals surface area contributed by atoms with E-state index in [1.54, 1.807) is 6.33 Å². The first-order chi connectivity index (χ1) is 11.2. The maximum atomic E-state index is 12.6. The van der Waals surface area contributed by atoms with Crippen LogP contribution >= 0.6 is 27.7 Å². The summed E-state index contributed by atoms with van der Waals surface area (Å²) >= 11 is 4.84. The fraction of sp³-hybridized carbons (Fsp3) is 0.200. The van der Waals surface area contributed by atoms with E-state index in [-0.39, 0.29) is 11.2 Å². The molecule has 6 nitrogen and oxygen atoms in total. The van der Waals surface area contributed by atoms with Crippen LogP contribution in [0.1, 0.15) is 13.3 Å². The highest BCUT2D eigenvalue weighted by atomic mass is 79.9. The van der Waals surface area contributed by atoms with Gasteiger partial charge in [0.2, 0.25) is 5.91 Å². The van der Waals surface area contributed by atoms with Crippen molar-refractivity contribution in [2.24, 2.45) is 0 Å². The van der Waals surface area contributed by atoms with Crippen molar-refractivity contribution < 1.29 is 4.79 Å². The second kappa shape index (κ2) is 7.10. The molecule has 2 aromatic heterocycles. The number of rotatable bonds is 5. The normalized spacial score (nSPS) is 12.3. The molecule has 0 fully saturated rings. The Morgan fingerprint density at radius 1 is 1.35 bits per heavy atom. The van der Waals surface area contributed by atoms with E-state index in [1.807, 2.05) is 31.2 Å². The summed E-state index contributed by atoms with van der Waals surface area (Å²) in [7, 11) is 0. The molecular formula is C15H14BrN5OS. The molecule has 0 aliphatic carbocycles. The molecule has 0 aliphatic rings. The molecule has 1 amide bonds. The second-order valence-corrected chi connectivity index (χ2v) is 6.81. The molecule has 0 unspecified atom stereocenters. The van der Waals surface area contributed by atoms with Gasteiger partial charge >= 0.3 is 0 Å². The van der Waals surface area contributed by atoms with E-state index in [0.29, 0.717) is 12.1 Å². The zero-order valence-electron chi connectivity index (χ0n) is 12.3. The molecule has 0 saturated carbocycles. The van der Waals surface area contributed by atoms with E-state index >= 15 is 0 Å². The lowest BCUT2D eigenvalue weighted by Gasteiger charge is -2.15. The van der Waals surface area contributed by atoms with Crippen molar-refractivity contribution >= 4 is 50.5 Å². The molecule has 1 aromatic carbocycles. The largest absolute Gasteiger partial charge is 0.341 e. The quantitative estimate of drug-likeness (QED) is 0.512. The average Bonchev–Trinajstić information content (AvgIpc) is 3.04. The predicted octanol–water partition coefficient (Wildman–Crippen LogP) is 3.62. The van der Waals surface area contributed by atoms with Crippen molar-refractivity contribution in [1.29, 1.82) is 0 Å². The molecule has 3 aromatic rings. The van der Waals surface area contributed by atoms with Crippen LogP contribution in [0.4, 0.5) is 5.69 Å². The molecule has 118 valence electrons. The van der Waals surface area contributed by atoms with Gasteiger partial charge in [-0.1, -0.05) is 30.8 Å². The number of halogens is 1. The monoisotopic (exact) mass is 391 g/mol. The number of fused-ring (bicyclic) bond motifs is 1. The van der Waals surface area contributed by atoms with E-state index in [1.165, 1.54) is 18.1 Å². The number of imidazole rings is 1. The van der Waals surface area contributed by atoms with Crippen LogP contribution in [0.25, 0.3) is 11.2 Å². The number of benzene rings is 1. The Morgan fingerprint density at radius 2 is 2.17 bits per heavy atom. The third-order valence-electron chi connectivity index (χ3n) is 3.24. The van der Waals surface area contributed by atoms with Crippen LogP contribution in [-0.2, 0) is 4.79 Å². The van der Waals surface area contributed by atoms with E-state index in [0.717, 1.165) is 20.7 Å². The first-order valence-corrected chi connectivity index (χ1v) is 8.72. The van der Waals surface area contributed by atoms with Gasteiger partial charge in [0.25, 0.3) is 0 Å². The smallest absolute Gasteiger partial charge is 0.237 e. The molecule has 1 atom stereocenters. The Labute approximate surface area is 145 Å². The highest BCUT2D eigenvalue weighted by molar-refractivity contribution is 9.10. The topological polar surface area (TPSA) is 83.6 Å². The number of H-pyrrole nitrogens is 1. The Kier molecular flexibility index (Phi) is 4.92. The van der Waals surface area contributed by atoms with Gasteiger partial charge in [-0.15, -0.1) is 0 Å². The first-order valence-electron chi connectivity index (χ1n) is 7.05. The number of nitrogens with one attached hydrogen (secondary N) is 2. The van der Waals surface area contributed by atoms with Crippen LogP contribution in [0.15, 0.2) is 46.4 Å². The maximum absolute atomic E-state index is 12.6. The lowest BCUT2D eigenvalue weighted by atomic mass is 10.3. The van der Waals surface area contributed by atoms with Crippen LogP contribution in [-0.4, -0.2) is 31.1 Å². The molecule has 3 rings (SSSR count). The van der Waals surface area contributed by atoms with Crippen molar-refractivity contribution in [2.75, 3.05) is 5.32 Å². The number of para-hydroxylation sites is 1. The molecular weight excluding hydrogens is 378 g/mol. The molecule has 2 heterocycles. The van der Waals surface area contributed by atoms with Gasteiger partial charge in [0.1, 0.15) is 16.9 Å². The van der Waals surface area contributed by atoms with Gasteiger partial charge in [-0.3, -0.25) is 4.79 Å². The molecule has 2 N–H and O–H groups in total. The van der Waals surface area contributed by atoms with E-state index in [9.17, 15) is 4.79 Å². The number of amides is 1. The minimum Gasteiger partial charge on any atom is -0.341 e. The molecule has 0 spiro atoms. The van der Waals surface area contributed by atoms with Crippen LogP contribution in [0.5, 0.6) is 0 Å². The zero-order chi connectivity index (χ0) is 16.2. The lowest BCUT2D eigenvalue weighted by molar-refractivity contribution is -0.115. The first kappa shape index (κ1) is 15.9. The molecule has 0 aliphatic heterocycles. The van der Waals surface area contributed by atoms with Crippen LogP contribution in [0.3, 0.4) is 0 Å². The van der Waals surface area contributed by atoms with Crippen molar-refractivity contribution in [1.82, 2.24) is 19.9 Å². The van der Waals surface area contributed by atoms with Gasteiger partial charge in [-0.05, 0) is 34.5 Å². The Balaban J connectivity index is 1.78. The summed E-state index contributed by atoms with van der Waals surface area (Å²) in [5, 5.41) is 3.41. The minimum absolute atomic E-state index is 0.0596. The minimum atomic E-state index is -0.261. The molecule has 0 saturated heterocycles. The van der Waals surface area contributed by atoms with Crippen molar-refractivity contribution in [3.05, 3.63) is 41.4 Å². The number of aromatic nitrogens is 4.